The Balaban J connectivity index is 1.66. The van der Waals surface area contributed by atoms with Crippen molar-refractivity contribution in [2.24, 2.45) is 0 Å². The lowest BCUT2D eigenvalue weighted by Gasteiger charge is -2.19. The van der Waals surface area contributed by atoms with Crippen LogP contribution in [-0.2, 0) is 4.74 Å². The highest BCUT2D eigenvalue weighted by Gasteiger charge is 2.16. The van der Waals surface area contributed by atoms with Crippen LogP contribution in [0.2, 0.25) is 0 Å². The van der Waals surface area contributed by atoms with Gasteiger partial charge in [0.1, 0.15) is 17.2 Å². The van der Waals surface area contributed by atoms with Crippen LogP contribution in [0.5, 0.6) is 5.75 Å². The lowest BCUT2D eigenvalue weighted by molar-refractivity contribution is 0.0635. The lowest BCUT2D eigenvalue weighted by atomic mass is 10.2. The van der Waals surface area contributed by atoms with E-state index >= 15 is 0 Å². The van der Waals surface area contributed by atoms with Gasteiger partial charge in [0.15, 0.2) is 0 Å². The number of carbonyl (C=O) groups excluding carboxylic acids is 2. The van der Waals surface area contributed by atoms with Gasteiger partial charge in [0.25, 0.3) is 5.91 Å². The third-order valence-electron chi connectivity index (χ3n) is 3.73. The van der Waals surface area contributed by atoms with Crippen molar-refractivity contribution in [3.63, 3.8) is 0 Å². The zero-order valence-corrected chi connectivity index (χ0v) is 17.0. The molecule has 0 atom stereocenters. The number of hydrogen-bond acceptors (Lipinski definition) is 4. The van der Waals surface area contributed by atoms with E-state index in [1.807, 2.05) is 0 Å². The van der Waals surface area contributed by atoms with Gasteiger partial charge in [-0.2, -0.15) is 0 Å². The van der Waals surface area contributed by atoms with E-state index in [1.165, 1.54) is 12.1 Å². The van der Waals surface area contributed by atoms with E-state index in [-0.39, 0.29) is 11.7 Å². The molecule has 0 saturated carbocycles. The van der Waals surface area contributed by atoms with Gasteiger partial charge in [0.05, 0.1) is 6.61 Å². The van der Waals surface area contributed by atoms with Crippen LogP contribution in [0.3, 0.4) is 0 Å². The number of ether oxygens (including phenoxy) is 2. The molecule has 0 aliphatic rings. The SMILES string of the molecule is CC(C)(C)OC(=O)Nc1ccc(C(=O)NCCCCOc2ccc(F)cc2)cc1. The molecular weight excluding hydrogens is 375 g/mol. The Bertz CT molecular complexity index is 799. The van der Waals surface area contributed by atoms with Crippen molar-refractivity contribution in [3.8, 4) is 5.75 Å². The van der Waals surface area contributed by atoms with Crippen molar-refractivity contribution in [1.29, 1.82) is 0 Å². The molecule has 29 heavy (non-hydrogen) atoms. The van der Waals surface area contributed by atoms with Crippen molar-refractivity contribution in [2.45, 2.75) is 39.2 Å². The monoisotopic (exact) mass is 402 g/mol. The standard InChI is InChI=1S/C22H27FN2O4/c1-22(2,3)29-21(27)25-18-10-6-16(7-11-18)20(26)24-14-4-5-15-28-19-12-8-17(23)9-13-19/h6-13H,4-5,14-15H2,1-3H3,(H,24,26)(H,25,27). The molecule has 0 heterocycles. The molecular formula is C22H27FN2O4. The van der Waals surface area contributed by atoms with E-state index in [9.17, 15) is 14.0 Å². The Morgan fingerprint density at radius 2 is 1.62 bits per heavy atom. The Morgan fingerprint density at radius 1 is 0.966 bits per heavy atom. The number of rotatable bonds is 8. The zero-order chi connectivity index (χ0) is 21.3. The number of benzene rings is 2. The molecule has 2 N–H and O–H groups in total. The molecule has 2 rings (SSSR count). The van der Waals surface area contributed by atoms with Crippen LogP contribution in [0, 0.1) is 5.82 Å². The quantitative estimate of drug-likeness (QED) is 0.624. The van der Waals surface area contributed by atoms with Gasteiger partial charge in [-0.1, -0.05) is 0 Å². The van der Waals surface area contributed by atoms with E-state index in [4.69, 9.17) is 9.47 Å². The second-order valence-electron chi connectivity index (χ2n) is 7.47. The average Bonchev–Trinajstić information content (AvgIpc) is 2.65. The Kier molecular flexibility index (Phi) is 8.00. The second-order valence-corrected chi connectivity index (χ2v) is 7.47. The maximum Gasteiger partial charge on any atom is 0.412 e. The number of carbonyl (C=O) groups is 2. The van der Waals surface area contributed by atoms with Gasteiger partial charge >= 0.3 is 6.09 Å². The Labute approximate surface area is 170 Å². The summed E-state index contributed by atoms with van der Waals surface area (Å²) < 4.78 is 23.5. The highest BCUT2D eigenvalue weighted by atomic mass is 19.1. The predicted molar refractivity (Wildman–Crippen MR) is 110 cm³/mol. The number of hydrogen-bond donors (Lipinski definition) is 2. The van der Waals surface area contributed by atoms with Gasteiger partial charge < -0.3 is 14.8 Å². The first-order valence-electron chi connectivity index (χ1n) is 9.49. The van der Waals surface area contributed by atoms with Gasteiger partial charge in [0, 0.05) is 17.8 Å². The summed E-state index contributed by atoms with van der Waals surface area (Å²) in [4.78, 5) is 23.9. The summed E-state index contributed by atoms with van der Waals surface area (Å²) in [5.74, 6) is 0.137. The number of amides is 2. The summed E-state index contributed by atoms with van der Waals surface area (Å²) in [6.07, 6.45) is 0.972. The fraction of sp³-hybridized carbons (Fsp3) is 0.364. The molecule has 0 aliphatic carbocycles. The second kappa shape index (κ2) is 10.5. The van der Waals surface area contributed by atoms with Gasteiger partial charge in [-0.25, -0.2) is 9.18 Å². The highest BCUT2D eigenvalue weighted by molar-refractivity contribution is 5.95. The lowest BCUT2D eigenvalue weighted by Crippen LogP contribution is -2.27. The fourth-order valence-corrected chi connectivity index (χ4v) is 2.38. The van der Waals surface area contributed by atoms with Gasteiger partial charge in [-0.3, -0.25) is 10.1 Å². The molecule has 0 aliphatic heterocycles. The Morgan fingerprint density at radius 3 is 2.24 bits per heavy atom. The molecule has 0 bridgehead atoms. The molecule has 0 unspecified atom stereocenters. The molecule has 6 nitrogen and oxygen atoms in total. The summed E-state index contributed by atoms with van der Waals surface area (Å²) in [5, 5.41) is 5.46. The number of nitrogens with one attached hydrogen (secondary N) is 2. The molecule has 0 fully saturated rings. The summed E-state index contributed by atoms with van der Waals surface area (Å²) in [6.45, 7) is 6.37. The molecule has 2 aromatic carbocycles. The minimum absolute atomic E-state index is 0.187. The fourth-order valence-electron chi connectivity index (χ4n) is 2.38. The van der Waals surface area contributed by atoms with Crippen LogP contribution in [0.4, 0.5) is 14.9 Å². The third-order valence-corrected chi connectivity index (χ3v) is 3.73. The topological polar surface area (TPSA) is 76.7 Å². The van der Waals surface area contributed by atoms with Crippen molar-refractivity contribution in [1.82, 2.24) is 5.32 Å². The largest absolute Gasteiger partial charge is 0.494 e. The maximum absolute atomic E-state index is 12.8. The van der Waals surface area contributed by atoms with Crippen molar-refractivity contribution >= 4 is 17.7 Å². The number of anilines is 1. The first-order valence-corrected chi connectivity index (χ1v) is 9.49. The van der Waals surface area contributed by atoms with Crippen molar-refractivity contribution in [2.75, 3.05) is 18.5 Å². The number of unbranched alkanes of at least 4 members (excludes halogenated alkanes) is 1. The van der Waals surface area contributed by atoms with Crippen LogP contribution in [-0.4, -0.2) is 30.8 Å². The van der Waals surface area contributed by atoms with Gasteiger partial charge in [-0.15, -0.1) is 0 Å². The third kappa shape index (κ3) is 8.64. The van der Waals surface area contributed by atoms with E-state index in [0.717, 1.165) is 12.8 Å². The van der Waals surface area contributed by atoms with Crippen LogP contribution in [0.1, 0.15) is 44.0 Å². The minimum atomic E-state index is -0.575. The van der Waals surface area contributed by atoms with E-state index in [1.54, 1.807) is 57.2 Å². The number of halogens is 1. The van der Waals surface area contributed by atoms with E-state index in [0.29, 0.717) is 30.2 Å². The normalized spacial score (nSPS) is 10.9. The first kappa shape index (κ1) is 22.2. The van der Waals surface area contributed by atoms with Gasteiger partial charge in [-0.05, 0) is 82.1 Å². The zero-order valence-electron chi connectivity index (χ0n) is 17.0. The molecule has 156 valence electrons. The Hall–Kier alpha value is -3.09. The van der Waals surface area contributed by atoms with Crippen LogP contribution in [0.15, 0.2) is 48.5 Å². The molecule has 7 heteroatoms. The maximum atomic E-state index is 12.8. The van der Waals surface area contributed by atoms with Crippen LogP contribution >= 0.6 is 0 Å². The average molecular weight is 402 g/mol. The molecule has 2 amide bonds. The summed E-state index contributed by atoms with van der Waals surface area (Å²) in [6, 6.07) is 12.4. The molecule has 0 radical (unpaired) electrons. The molecule has 2 aromatic rings. The minimum Gasteiger partial charge on any atom is -0.494 e. The van der Waals surface area contributed by atoms with Crippen LogP contribution < -0.4 is 15.4 Å². The molecule has 0 aromatic heterocycles. The van der Waals surface area contributed by atoms with E-state index in [2.05, 4.69) is 10.6 Å². The predicted octanol–water partition coefficient (Wildman–Crippen LogP) is 4.76. The summed E-state index contributed by atoms with van der Waals surface area (Å²) in [7, 11) is 0. The highest BCUT2D eigenvalue weighted by Crippen LogP contribution is 2.13. The molecule has 0 spiro atoms. The first-order chi connectivity index (χ1) is 13.7. The molecule has 0 saturated heterocycles. The van der Waals surface area contributed by atoms with E-state index < -0.39 is 11.7 Å². The summed E-state index contributed by atoms with van der Waals surface area (Å²) >= 11 is 0. The van der Waals surface area contributed by atoms with Crippen molar-refractivity contribution in [3.05, 3.63) is 59.9 Å². The smallest absolute Gasteiger partial charge is 0.412 e. The summed E-state index contributed by atoms with van der Waals surface area (Å²) in [5.41, 5.74) is 0.476. The van der Waals surface area contributed by atoms with Crippen molar-refractivity contribution < 1.29 is 23.5 Å². The van der Waals surface area contributed by atoms with Gasteiger partial charge in [0.2, 0.25) is 0 Å². The van der Waals surface area contributed by atoms with Crippen LogP contribution in [0.25, 0.3) is 0 Å².